The topological polar surface area (TPSA) is 66.4 Å². The van der Waals surface area contributed by atoms with E-state index in [1.807, 2.05) is 4.72 Å². The van der Waals surface area contributed by atoms with Gasteiger partial charge in [0.2, 0.25) is 0 Å². The van der Waals surface area contributed by atoms with Gasteiger partial charge in [-0.1, -0.05) is 12.1 Å². The molecule has 0 saturated carbocycles. The van der Waals surface area contributed by atoms with Gasteiger partial charge in [-0.3, -0.25) is 4.72 Å². The molecule has 2 aromatic carbocycles. The van der Waals surface area contributed by atoms with Crippen molar-refractivity contribution in [1.29, 1.82) is 0 Å². The molecular weight excluding hydrogens is 295 g/mol. The van der Waals surface area contributed by atoms with Crippen LogP contribution in [0.2, 0.25) is 0 Å². The van der Waals surface area contributed by atoms with Gasteiger partial charge in [-0.05, 0) is 12.1 Å². The third-order valence-corrected chi connectivity index (χ3v) is 3.82. The molecular formula is C12H8F3NO3S. The van der Waals surface area contributed by atoms with Crippen LogP contribution in [-0.2, 0) is 10.0 Å². The first-order valence-corrected chi connectivity index (χ1v) is 6.75. The summed E-state index contributed by atoms with van der Waals surface area (Å²) in [5.41, 5.74) is -0.496. The standard InChI is InChI=1S/C12H8F3NO3S/c13-8-5-7(6-9(14)12(8)15)16-20(18,19)11-4-2-1-3-10(11)17/h1-6,16-17H. The van der Waals surface area contributed by atoms with Crippen molar-refractivity contribution < 1.29 is 26.7 Å². The SMILES string of the molecule is O=S(=O)(Nc1cc(F)c(F)c(F)c1)c1ccccc1O. The molecule has 0 aliphatic rings. The molecule has 2 rings (SSSR count). The maximum absolute atomic E-state index is 13.0. The van der Waals surface area contributed by atoms with Gasteiger partial charge in [0.05, 0.1) is 5.69 Å². The molecule has 0 radical (unpaired) electrons. The Bertz CT molecular complexity index is 739. The molecule has 0 atom stereocenters. The molecule has 4 nitrogen and oxygen atoms in total. The Morgan fingerprint density at radius 1 is 1.00 bits per heavy atom. The van der Waals surface area contributed by atoms with Crippen LogP contribution in [0.25, 0.3) is 0 Å². The minimum Gasteiger partial charge on any atom is -0.507 e. The monoisotopic (exact) mass is 303 g/mol. The van der Waals surface area contributed by atoms with Crippen LogP contribution in [-0.4, -0.2) is 13.5 Å². The zero-order valence-corrected chi connectivity index (χ0v) is 10.6. The molecule has 0 heterocycles. The fourth-order valence-electron chi connectivity index (χ4n) is 1.51. The van der Waals surface area contributed by atoms with Gasteiger partial charge in [0.25, 0.3) is 10.0 Å². The highest BCUT2D eigenvalue weighted by molar-refractivity contribution is 7.92. The van der Waals surface area contributed by atoms with E-state index in [9.17, 15) is 26.7 Å². The summed E-state index contributed by atoms with van der Waals surface area (Å²) in [4.78, 5) is -0.467. The van der Waals surface area contributed by atoms with Crippen LogP contribution < -0.4 is 4.72 Å². The Kier molecular flexibility index (Phi) is 3.58. The zero-order valence-electron chi connectivity index (χ0n) is 9.77. The first kappa shape index (κ1) is 14.2. The lowest BCUT2D eigenvalue weighted by molar-refractivity contribution is 0.448. The highest BCUT2D eigenvalue weighted by Crippen LogP contribution is 2.25. The van der Waals surface area contributed by atoms with Gasteiger partial charge in [-0.2, -0.15) is 0 Å². The summed E-state index contributed by atoms with van der Waals surface area (Å²) in [7, 11) is -4.25. The first-order chi connectivity index (χ1) is 9.31. The van der Waals surface area contributed by atoms with E-state index in [2.05, 4.69) is 0 Å². The maximum Gasteiger partial charge on any atom is 0.265 e. The molecule has 0 spiro atoms. The molecule has 2 N–H and O–H groups in total. The van der Waals surface area contributed by atoms with Crippen molar-refractivity contribution in [3.8, 4) is 5.75 Å². The van der Waals surface area contributed by atoms with Gasteiger partial charge >= 0.3 is 0 Å². The van der Waals surface area contributed by atoms with Crippen LogP contribution in [0.1, 0.15) is 0 Å². The first-order valence-electron chi connectivity index (χ1n) is 5.26. The summed E-state index contributed by atoms with van der Waals surface area (Å²) in [6.07, 6.45) is 0. The van der Waals surface area contributed by atoms with Crippen molar-refractivity contribution in [2.45, 2.75) is 4.90 Å². The van der Waals surface area contributed by atoms with E-state index in [4.69, 9.17) is 0 Å². The number of aromatic hydroxyl groups is 1. The summed E-state index contributed by atoms with van der Waals surface area (Å²) < 4.78 is 64.4. The minimum absolute atomic E-state index is 0.467. The van der Waals surface area contributed by atoms with Crippen LogP contribution in [0, 0.1) is 17.5 Å². The number of anilines is 1. The fourth-order valence-corrected chi connectivity index (χ4v) is 2.65. The lowest BCUT2D eigenvalue weighted by Crippen LogP contribution is -2.13. The van der Waals surface area contributed by atoms with Gasteiger partial charge in [0.15, 0.2) is 17.5 Å². The molecule has 0 aliphatic carbocycles. The zero-order chi connectivity index (χ0) is 14.9. The summed E-state index contributed by atoms with van der Waals surface area (Å²) >= 11 is 0. The molecule has 0 aromatic heterocycles. The second-order valence-electron chi connectivity index (χ2n) is 3.83. The number of halogens is 3. The van der Waals surface area contributed by atoms with Crippen molar-refractivity contribution in [3.63, 3.8) is 0 Å². The Hall–Kier alpha value is -2.22. The summed E-state index contributed by atoms with van der Waals surface area (Å²) in [6, 6.07) is 6.01. The Labute approximate surface area is 112 Å². The number of hydrogen-bond acceptors (Lipinski definition) is 3. The van der Waals surface area contributed by atoms with Gasteiger partial charge in [-0.15, -0.1) is 0 Å². The normalized spacial score (nSPS) is 11.3. The smallest absolute Gasteiger partial charge is 0.265 e. The molecule has 106 valence electrons. The van der Waals surface area contributed by atoms with Crippen LogP contribution in [0.4, 0.5) is 18.9 Å². The predicted molar refractivity (Wildman–Crippen MR) is 65.2 cm³/mol. The average Bonchev–Trinajstić information content (AvgIpc) is 2.35. The van der Waals surface area contributed by atoms with Crippen LogP contribution in [0.15, 0.2) is 41.3 Å². The molecule has 0 aliphatic heterocycles. The van der Waals surface area contributed by atoms with Crippen molar-refractivity contribution >= 4 is 15.7 Å². The molecule has 0 fully saturated rings. The third-order valence-electron chi connectivity index (χ3n) is 2.39. The largest absolute Gasteiger partial charge is 0.507 e. The highest BCUT2D eigenvalue weighted by atomic mass is 32.2. The van der Waals surface area contributed by atoms with Crippen LogP contribution in [0.3, 0.4) is 0 Å². The highest BCUT2D eigenvalue weighted by Gasteiger charge is 2.20. The summed E-state index contributed by atoms with van der Waals surface area (Å²) in [6.45, 7) is 0. The van der Waals surface area contributed by atoms with E-state index in [1.54, 1.807) is 0 Å². The van der Waals surface area contributed by atoms with Crippen LogP contribution in [0.5, 0.6) is 5.75 Å². The van der Waals surface area contributed by atoms with Gasteiger partial charge in [0, 0.05) is 12.1 Å². The summed E-state index contributed by atoms with van der Waals surface area (Å²) in [5, 5.41) is 9.45. The lowest BCUT2D eigenvalue weighted by Gasteiger charge is -2.09. The Morgan fingerprint density at radius 3 is 2.10 bits per heavy atom. The van der Waals surface area contributed by atoms with Gasteiger partial charge in [-0.25, -0.2) is 21.6 Å². The lowest BCUT2D eigenvalue weighted by atomic mass is 10.3. The van der Waals surface area contributed by atoms with E-state index in [1.165, 1.54) is 12.1 Å². The number of rotatable bonds is 3. The van der Waals surface area contributed by atoms with Gasteiger partial charge < -0.3 is 5.11 Å². The van der Waals surface area contributed by atoms with E-state index in [-0.39, 0.29) is 0 Å². The van der Waals surface area contributed by atoms with Gasteiger partial charge in [0.1, 0.15) is 10.6 Å². The maximum atomic E-state index is 13.0. The Balaban J connectivity index is 2.42. The second-order valence-corrected chi connectivity index (χ2v) is 5.48. The molecule has 0 unspecified atom stereocenters. The number of nitrogens with one attached hydrogen (secondary N) is 1. The quantitative estimate of drug-likeness (QED) is 0.857. The number of benzene rings is 2. The Morgan fingerprint density at radius 2 is 1.55 bits per heavy atom. The van der Waals surface area contributed by atoms with E-state index in [0.717, 1.165) is 12.1 Å². The van der Waals surface area contributed by atoms with Crippen molar-refractivity contribution in [2.24, 2.45) is 0 Å². The molecule has 20 heavy (non-hydrogen) atoms. The van der Waals surface area contributed by atoms with E-state index >= 15 is 0 Å². The number of hydrogen-bond donors (Lipinski definition) is 2. The predicted octanol–water partition coefficient (Wildman–Crippen LogP) is 2.61. The minimum atomic E-state index is -4.25. The summed E-state index contributed by atoms with van der Waals surface area (Å²) in [5.74, 6) is -5.28. The molecule has 2 aromatic rings. The van der Waals surface area contributed by atoms with E-state index in [0.29, 0.717) is 12.1 Å². The molecule has 0 bridgehead atoms. The third kappa shape index (κ3) is 2.69. The van der Waals surface area contributed by atoms with E-state index < -0.39 is 43.8 Å². The van der Waals surface area contributed by atoms with Crippen molar-refractivity contribution in [3.05, 3.63) is 53.8 Å². The number of para-hydroxylation sites is 1. The molecule has 0 amide bonds. The number of sulfonamides is 1. The molecule has 0 saturated heterocycles. The second kappa shape index (κ2) is 5.04. The molecule has 8 heteroatoms. The average molecular weight is 303 g/mol. The number of phenols is 1. The van der Waals surface area contributed by atoms with Crippen molar-refractivity contribution in [1.82, 2.24) is 0 Å². The number of phenolic OH excluding ortho intramolecular Hbond substituents is 1. The van der Waals surface area contributed by atoms with Crippen LogP contribution >= 0.6 is 0 Å². The fraction of sp³-hybridized carbons (Fsp3) is 0. The van der Waals surface area contributed by atoms with Crippen molar-refractivity contribution in [2.75, 3.05) is 4.72 Å².